The molecule has 1 fully saturated rings. The summed E-state index contributed by atoms with van der Waals surface area (Å²) >= 11 is 0. The molecule has 2 rings (SSSR count). The molecule has 1 heterocycles. The third-order valence-electron chi connectivity index (χ3n) is 3.17. The number of hydrogen-bond acceptors (Lipinski definition) is 2. The first-order valence-corrected chi connectivity index (χ1v) is 5.78. The summed E-state index contributed by atoms with van der Waals surface area (Å²) in [6.07, 6.45) is 1.06. The number of aryl methyl sites for hydroxylation is 1. The number of nitrogens with zero attached hydrogens (tertiary/aromatic N) is 2. The highest BCUT2D eigenvalue weighted by Crippen LogP contribution is 2.17. The quantitative estimate of drug-likeness (QED) is 0.751. The van der Waals surface area contributed by atoms with Gasteiger partial charge in [0.2, 0.25) is 5.91 Å². The zero-order valence-electron chi connectivity index (χ0n) is 9.94. The minimum atomic E-state index is 0.200. The van der Waals surface area contributed by atoms with Gasteiger partial charge >= 0.3 is 0 Å². The molecule has 1 aliphatic heterocycles. The van der Waals surface area contributed by atoms with Crippen LogP contribution in [0.25, 0.3) is 0 Å². The van der Waals surface area contributed by atoms with E-state index in [-0.39, 0.29) is 5.91 Å². The summed E-state index contributed by atoms with van der Waals surface area (Å²) < 4.78 is 0. The van der Waals surface area contributed by atoms with E-state index >= 15 is 0 Å². The van der Waals surface area contributed by atoms with Crippen LogP contribution in [-0.4, -0.2) is 37.5 Å². The molecule has 0 spiro atoms. The molecule has 3 heteroatoms. The van der Waals surface area contributed by atoms with Gasteiger partial charge in [0.05, 0.1) is 6.54 Å². The molecule has 3 nitrogen and oxygen atoms in total. The molecule has 0 aromatic heterocycles. The van der Waals surface area contributed by atoms with Gasteiger partial charge in [0.1, 0.15) is 0 Å². The van der Waals surface area contributed by atoms with E-state index in [1.54, 1.807) is 4.90 Å². The van der Waals surface area contributed by atoms with Crippen LogP contribution in [0.1, 0.15) is 12.5 Å². The molecule has 1 aliphatic rings. The number of amides is 1. The average Bonchev–Trinajstić information content (AvgIpc) is 2.33. The molecule has 0 atom stereocenters. The van der Waals surface area contributed by atoms with Gasteiger partial charge in [-0.25, -0.2) is 0 Å². The summed E-state index contributed by atoms with van der Waals surface area (Å²) in [6.45, 7) is 4.39. The lowest BCUT2D eigenvalue weighted by Gasteiger charge is -2.33. The van der Waals surface area contributed by atoms with Crippen LogP contribution in [0.4, 0.5) is 5.69 Å². The van der Waals surface area contributed by atoms with Crippen LogP contribution in [-0.2, 0) is 11.2 Å². The van der Waals surface area contributed by atoms with Crippen LogP contribution in [0.15, 0.2) is 24.3 Å². The Labute approximate surface area is 96.7 Å². The first kappa shape index (κ1) is 11.0. The second kappa shape index (κ2) is 4.56. The Morgan fingerprint density at radius 1 is 1.19 bits per heavy atom. The zero-order chi connectivity index (χ0) is 11.5. The van der Waals surface area contributed by atoms with Crippen LogP contribution in [0.5, 0.6) is 0 Å². The smallest absolute Gasteiger partial charge is 0.241 e. The van der Waals surface area contributed by atoms with Crippen molar-refractivity contribution < 1.29 is 4.79 Å². The Bertz CT molecular complexity index is 372. The third-order valence-corrected chi connectivity index (χ3v) is 3.17. The normalized spacial score (nSPS) is 16.8. The van der Waals surface area contributed by atoms with Crippen LogP contribution in [0.2, 0.25) is 0 Å². The molecule has 0 aliphatic carbocycles. The van der Waals surface area contributed by atoms with E-state index in [0.717, 1.165) is 25.2 Å². The minimum absolute atomic E-state index is 0.200. The van der Waals surface area contributed by atoms with E-state index in [4.69, 9.17) is 0 Å². The van der Waals surface area contributed by atoms with E-state index in [1.807, 2.05) is 7.05 Å². The molecule has 1 aromatic rings. The predicted molar refractivity (Wildman–Crippen MR) is 65.7 cm³/mol. The molecule has 0 N–H and O–H groups in total. The summed E-state index contributed by atoms with van der Waals surface area (Å²) in [5, 5.41) is 0. The Kier molecular flexibility index (Phi) is 3.13. The van der Waals surface area contributed by atoms with Crippen molar-refractivity contribution in [2.24, 2.45) is 0 Å². The highest BCUT2D eigenvalue weighted by molar-refractivity contribution is 5.82. The molecule has 86 valence electrons. The lowest BCUT2D eigenvalue weighted by molar-refractivity contribution is -0.129. The molecule has 16 heavy (non-hydrogen) atoms. The van der Waals surface area contributed by atoms with Crippen molar-refractivity contribution in [3.05, 3.63) is 29.8 Å². The van der Waals surface area contributed by atoms with E-state index in [0.29, 0.717) is 6.54 Å². The molecule has 1 aromatic carbocycles. The van der Waals surface area contributed by atoms with Gasteiger partial charge in [-0.05, 0) is 24.1 Å². The number of anilines is 1. The first-order valence-electron chi connectivity index (χ1n) is 5.78. The number of benzene rings is 1. The largest absolute Gasteiger partial charge is 0.360 e. The summed E-state index contributed by atoms with van der Waals surface area (Å²) in [4.78, 5) is 15.5. The highest BCUT2D eigenvalue weighted by Gasteiger charge is 2.20. The molecule has 1 saturated heterocycles. The fourth-order valence-corrected chi connectivity index (χ4v) is 1.92. The zero-order valence-corrected chi connectivity index (χ0v) is 9.94. The van der Waals surface area contributed by atoms with Crippen molar-refractivity contribution >= 4 is 11.6 Å². The molecule has 0 saturated carbocycles. The van der Waals surface area contributed by atoms with Crippen LogP contribution < -0.4 is 4.90 Å². The van der Waals surface area contributed by atoms with Gasteiger partial charge < -0.3 is 9.80 Å². The highest BCUT2D eigenvalue weighted by atomic mass is 16.2. The molecule has 0 radical (unpaired) electrons. The van der Waals surface area contributed by atoms with Gasteiger partial charge in [-0.1, -0.05) is 19.1 Å². The minimum Gasteiger partial charge on any atom is -0.360 e. The number of rotatable bonds is 2. The lowest BCUT2D eigenvalue weighted by Crippen LogP contribution is -2.48. The van der Waals surface area contributed by atoms with Gasteiger partial charge in [-0.2, -0.15) is 0 Å². The Morgan fingerprint density at radius 3 is 2.44 bits per heavy atom. The second-order valence-corrected chi connectivity index (χ2v) is 4.26. The molecule has 0 unspecified atom stereocenters. The monoisotopic (exact) mass is 218 g/mol. The van der Waals surface area contributed by atoms with Crippen molar-refractivity contribution in [3.8, 4) is 0 Å². The van der Waals surface area contributed by atoms with E-state index < -0.39 is 0 Å². The number of piperazine rings is 1. The predicted octanol–water partition coefficient (Wildman–Crippen LogP) is 1.53. The topological polar surface area (TPSA) is 23.6 Å². The standard InChI is InChI=1S/C13H18N2O/c1-3-11-4-6-12(7-5-11)15-9-8-14(2)13(16)10-15/h4-7H,3,8-10H2,1-2H3. The third kappa shape index (κ3) is 2.18. The van der Waals surface area contributed by atoms with E-state index in [9.17, 15) is 4.79 Å². The lowest BCUT2D eigenvalue weighted by atomic mass is 10.1. The molecule has 1 amide bonds. The maximum atomic E-state index is 11.6. The van der Waals surface area contributed by atoms with Crippen molar-refractivity contribution in [2.75, 3.05) is 31.6 Å². The molecular formula is C13H18N2O. The molecule has 0 bridgehead atoms. The van der Waals surface area contributed by atoms with Gasteiger partial charge in [-0.3, -0.25) is 4.79 Å². The van der Waals surface area contributed by atoms with Crippen molar-refractivity contribution in [3.63, 3.8) is 0 Å². The number of carbonyl (C=O) groups excluding carboxylic acids is 1. The second-order valence-electron chi connectivity index (χ2n) is 4.26. The summed E-state index contributed by atoms with van der Waals surface area (Å²) in [5.74, 6) is 0.200. The van der Waals surface area contributed by atoms with Crippen LogP contribution in [0, 0.1) is 0 Å². The van der Waals surface area contributed by atoms with E-state index in [1.165, 1.54) is 5.56 Å². The maximum absolute atomic E-state index is 11.6. The fraction of sp³-hybridized carbons (Fsp3) is 0.462. The Balaban J connectivity index is 2.09. The fourth-order valence-electron chi connectivity index (χ4n) is 1.92. The first-order chi connectivity index (χ1) is 7.70. The average molecular weight is 218 g/mol. The summed E-state index contributed by atoms with van der Waals surface area (Å²) in [5.41, 5.74) is 2.49. The summed E-state index contributed by atoms with van der Waals surface area (Å²) in [7, 11) is 1.86. The Morgan fingerprint density at radius 2 is 1.88 bits per heavy atom. The summed E-state index contributed by atoms with van der Waals surface area (Å²) in [6, 6.07) is 8.49. The maximum Gasteiger partial charge on any atom is 0.241 e. The van der Waals surface area contributed by atoms with Crippen molar-refractivity contribution in [1.29, 1.82) is 0 Å². The number of hydrogen-bond donors (Lipinski definition) is 0. The number of carbonyl (C=O) groups is 1. The Hall–Kier alpha value is -1.51. The van der Waals surface area contributed by atoms with Crippen LogP contribution >= 0.6 is 0 Å². The van der Waals surface area contributed by atoms with Gasteiger partial charge in [0.15, 0.2) is 0 Å². The SMILES string of the molecule is CCc1ccc(N2CCN(C)C(=O)C2)cc1. The van der Waals surface area contributed by atoms with Crippen molar-refractivity contribution in [1.82, 2.24) is 4.90 Å². The number of likely N-dealkylation sites (N-methyl/N-ethyl adjacent to an activating group) is 1. The van der Waals surface area contributed by atoms with Gasteiger partial charge in [0, 0.05) is 25.8 Å². The van der Waals surface area contributed by atoms with Gasteiger partial charge in [0.25, 0.3) is 0 Å². The van der Waals surface area contributed by atoms with Crippen molar-refractivity contribution in [2.45, 2.75) is 13.3 Å². The van der Waals surface area contributed by atoms with Gasteiger partial charge in [-0.15, -0.1) is 0 Å². The van der Waals surface area contributed by atoms with Crippen LogP contribution in [0.3, 0.4) is 0 Å². The van der Waals surface area contributed by atoms with E-state index in [2.05, 4.69) is 36.1 Å². The molecular weight excluding hydrogens is 200 g/mol.